The van der Waals surface area contributed by atoms with Crippen LogP contribution >= 0.6 is 0 Å². The highest BCUT2D eigenvalue weighted by Crippen LogP contribution is 2.31. The van der Waals surface area contributed by atoms with Gasteiger partial charge in [0.15, 0.2) is 0 Å². The molecule has 7 heteroatoms. The third-order valence-electron chi connectivity index (χ3n) is 2.86. The van der Waals surface area contributed by atoms with Gasteiger partial charge in [0, 0.05) is 11.9 Å². The fraction of sp³-hybridized carbons (Fsp3) is 0.143. The summed E-state index contributed by atoms with van der Waals surface area (Å²) in [6.45, 7) is 1.67. The molecule has 0 saturated heterocycles. The van der Waals surface area contributed by atoms with Crippen LogP contribution < -0.4 is 11.1 Å². The van der Waals surface area contributed by atoms with Crippen LogP contribution in [0.4, 0.5) is 24.7 Å². The molecule has 3 N–H and O–H groups in total. The molecule has 110 valence electrons. The van der Waals surface area contributed by atoms with E-state index < -0.39 is 17.6 Å². The van der Waals surface area contributed by atoms with Crippen molar-refractivity contribution in [2.24, 2.45) is 5.73 Å². The first-order valence-corrected chi connectivity index (χ1v) is 5.98. The second-order valence-corrected chi connectivity index (χ2v) is 4.42. The summed E-state index contributed by atoms with van der Waals surface area (Å²) in [6, 6.07) is 6.21. The van der Waals surface area contributed by atoms with E-state index in [9.17, 15) is 18.0 Å². The lowest BCUT2D eigenvalue weighted by molar-refractivity contribution is -0.137. The molecule has 0 aliphatic rings. The van der Waals surface area contributed by atoms with E-state index >= 15 is 0 Å². The minimum atomic E-state index is -4.44. The van der Waals surface area contributed by atoms with Crippen molar-refractivity contribution in [3.63, 3.8) is 0 Å². The maximum absolute atomic E-state index is 12.7. The Hall–Kier alpha value is -2.57. The molecule has 1 amide bonds. The average Bonchev–Trinajstić information content (AvgIpc) is 2.37. The van der Waals surface area contributed by atoms with Gasteiger partial charge in [-0.2, -0.15) is 13.2 Å². The Labute approximate surface area is 118 Å². The number of primary amides is 1. The van der Waals surface area contributed by atoms with E-state index in [4.69, 9.17) is 5.73 Å². The number of hydrogen-bond donors (Lipinski definition) is 2. The van der Waals surface area contributed by atoms with Gasteiger partial charge in [0.25, 0.3) is 5.91 Å². The number of alkyl halides is 3. The van der Waals surface area contributed by atoms with Gasteiger partial charge in [0.1, 0.15) is 5.82 Å². The lowest BCUT2D eigenvalue weighted by atomic mass is 10.1. The number of nitrogens with one attached hydrogen (secondary N) is 1. The maximum Gasteiger partial charge on any atom is 0.416 e. The summed E-state index contributed by atoms with van der Waals surface area (Å²) in [5.74, 6) is -0.572. The van der Waals surface area contributed by atoms with Gasteiger partial charge < -0.3 is 11.1 Å². The number of carbonyl (C=O) groups excluding carboxylic acids is 1. The molecule has 0 radical (unpaired) electrons. The van der Waals surface area contributed by atoms with Crippen LogP contribution in [-0.2, 0) is 6.18 Å². The highest BCUT2D eigenvalue weighted by molar-refractivity contribution is 5.99. The highest BCUT2D eigenvalue weighted by Gasteiger charge is 2.30. The lowest BCUT2D eigenvalue weighted by Gasteiger charge is -2.13. The first-order chi connectivity index (χ1) is 9.79. The number of anilines is 2. The van der Waals surface area contributed by atoms with Crippen molar-refractivity contribution in [1.82, 2.24) is 4.98 Å². The number of nitrogens with two attached hydrogens (primary N) is 1. The summed E-state index contributed by atoms with van der Waals surface area (Å²) >= 11 is 0. The molecule has 0 unspecified atom stereocenters. The molecule has 1 heterocycles. The predicted molar refractivity (Wildman–Crippen MR) is 72.2 cm³/mol. The van der Waals surface area contributed by atoms with Crippen LogP contribution in [0.3, 0.4) is 0 Å². The quantitative estimate of drug-likeness (QED) is 0.913. The van der Waals surface area contributed by atoms with E-state index in [2.05, 4.69) is 10.3 Å². The zero-order chi connectivity index (χ0) is 15.6. The Kier molecular flexibility index (Phi) is 3.84. The molecule has 4 nitrogen and oxygen atoms in total. The van der Waals surface area contributed by atoms with Crippen molar-refractivity contribution in [1.29, 1.82) is 0 Å². The molecule has 1 aromatic heterocycles. The molecule has 2 rings (SSSR count). The average molecular weight is 295 g/mol. The number of hydrogen-bond acceptors (Lipinski definition) is 3. The SMILES string of the molecule is Cc1ccnc(Nc2cccc(C(F)(F)F)c2)c1C(N)=O. The molecule has 0 bridgehead atoms. The Bertz CT molecular complexity index is 683. The van der Waals surface area contributed by atoms with Crippen LogP contribution in [0.1, 0.15) is 21.5 Å². The maximum atomic E-state index is 12.7. The third kappa shape index (κ3) is 3.31. The van der Waals surface area contributed by atoms with Crippen molar-refractivity contribution in [2.45, 2.75) is 13.1 Å². The van der Waals surface area contributed by atoms with Crippen LogP contribution in [0.15, 0.2) is 36.5 Å². The zero-order valence-corrected chi connectivity index (χ0v) is 11.0. The summed E-state index contributed by atoms with van der Waals surface area (Å²) in [5.41, 5.74) is 5.39. The normalized spacial score (nSPS) is 11.2. The summed E-state index contributed by atoms with van der Waals surface area (Å²) in [4.78, 5) is 15.4. The molecule has 0 fully saturated rings. The molecule has 1 aromatic carbocycles. The van der Waals surface area contributed by atoms with Crippen molar-refractivity contribution in [3.8, 4) is 0 Å². The molecule has 0 saturated carbocycles. The number of aryl methyl sites for hydroxylation is 1. The molecule has 0 aliphatic carbocycles. The van der Waals surface area contributed by atoms with E-state index in [0.29, 0.717) is 5.56 Å². The second-order valence-electron chi connectivity index (χ2n) is 4.42. The second kappa shape index (κ2) is 5.43. The van der Waals surface area contributed by atoms with Crippen molar-refractivity contribution >= 4 is 17.4 Å². The molecular formula is C14H12F3N3O. The predicted octanol–water partition coefficient (Wildman–Crippen LogP) is 3.25. The smallest absolute Gasteiger partial charge is 0.365 e. The van der Waals surface area contributed by atoms with Gasteiger partial charge in [0.2, 0.25) is 0 Å². The van der Waals surface area contributed by atoms with E-state index in [1.54, 1.807) is 13.0 Å². The van der Waals surface area contributed by atoms with Gasteiger partial charge in [0.05, 0.1) is 11.1 Å². The molecule has 0 spiro atoms. The van der Waals surface area contributed by atoms with Crippen LogP contribution in [0, 0.1) is 6.92 Å². The van der Waals surface area contributed by atoms with E-state index in [1.807, 2.05) is 0 Å². The molecule has 2 aromatic rings. The van der Waals surface area contributed by atoms with Gasteiger partial charge in [-0.3, -0.25) is 4.79 Å². The van der Waals surface area contributed by atoms with Crippen molar-refractivity contribution < 1.29 is 18.0 Å². The Morgan fingerprint density at radius 2 is 2.00 bits per heavy atom. The van der Waals surface area contributed by atoms with Crippen molar-refractivity contribution in [3.05, 3.63) is 53.2 Å². The minimum Gasteiger partial charge on any atom is -0.365 e. The number of amides is 1. The summed E-state index contributed by atoms with van der Waals surface area (Å²) < 4.78 is 38.0. The highest BCUT2D eigenvalue weighted by atomic mass is 19.4. The number of halogens is 3. The van der Waals surface area contributed by atoms with E-state index in [1.165, 1.54) is 18.3 Å². The fourth-order valence-corrected chi connectivity index (χ4v) is 1.87. The van der Waals surface area contributed by atoms with E-state index in [0.717, 1.165) is 12.1 Å². The summed E-state index contributed by atoms with van der Waals surface area (Å²) in [7, 11) is 0. The number of pyridine rings is 1. The number of benzene rings is 1. The number of aromatic nitrogens is 1. The van der Waals surface area contributed by atoms with Crippen LogP contribution in [0.2, 0.25) is 0 Å². The standard InChI is InChI=1S/C14H12F3N3O/c1-8-5-6-19-13(11(8)12(18)21)20-10-4-2-3-9(7-10)14(15,16)17/h2-7H,1H3,(H2,18,21)(H,19,20). The zero-order valence-electron chi connectivity index (χ0n) is 11.0. The van der Waals surface area contributed by atoms with Gasteiger partial charge in [-0.1, -0.05) is 6.07 Å². The first-order valence-electron chi connectivity index (χ1n) is 5.98. The minimum absolute atomic E-state index is 0.127. The monoisotopic (exact) mass is 295 g/mol. The Morgan fingerprint density at radius 1 is 1.29 bits per heavy atom. The fourth-order valence-electron chi connectivity index (χ4n) is 1.87. The van der Waals surface area contributed by atoms with Crippen LogP contribution in [0.5, 0.6) is 0 Å². The molecule has 0 aliphatic heterocycles. The van der Waals surface area contributed by atoms with Gasteiger partial charge in [-0.05, 0) is 36.8 Å². The lowest BCUT2D eigenvalue weighted by Crippen LogP contribution is -2.16. The van der Waals surface area contributed by atoms with Crippen molar-refractivity contribution in [2.75, 3.05) is 5.32 Å². The number of carbonyl (C=O) groups is 1. The Morgan fingerprint density at radius 3 is 2.62 bits per heavy atom. The number of nitrogens with zero attached hydrogens (tertiary/aromatic N) is 1. The molecular weight excluding hydrogens is 283 g/mol. The summed E-state index contributed by atoms with van der Waals surface area (Å²) in [6.07, 6.45) is -3.00. The number of rotatable bonds is 3. The third-order valence-corrected chi connectivity index (χ3v) is 2.86. The molecule has 21 heavy (non-hydrogen) atoms. The van der Waals surface area contributed by atoms with Crippen LogP contribution in [-0.4, -0.2) is 10.9 Å². The van der Waals surface area contributed by atoms with Crippen LogP contribution in [0.25, 0.3) is 0 Å². The first kappa shape index (κ1) is 14.8. The van der Waals surface area contributed by atoms with E-state index in [-0.39, 0.29) is 17.1 Å². The molecule has 0 atom stereocenters. The topological polar surface area (TPSA) is 68.0 Å². The van der Waals surface area contributed by atoms with Gasteiger partial charge >= 0.3 is 6.18 Å². The largest absolute Gasteiger partial charge is 0.416 e. The van der Waals surface area contributed by atoms with Gasteiger partial charge in [-0.25, -0.2) is 4.98 Å². The van der Waals surface area contributed by atoms with Gasteiger partial charge in [-0.15, -0.1) is 0 Å². The Balaban J connectivity index is 2.40. The summed E-state index contributed by atoms with van der Waals surface area (Å²) in [5, 5.41) is 2.70.